The van der Waals surface area contributed by atoms with E-state index < -0.39 is 29.8 Å². The molecule has 1 aliphatic rings. The van der Waals surface area contributed by atoms with Crippen molar-refractivity contribution in [1.82, 2.24) is 0 Å². The van der Waals surface area contributed by atoms with E-state index in [0.717, 1.165) is 16.7 Å². The van der Waals surface area contributed by atoms with Gasteiger partial charge in [-0.25, -0.2) is 13.6 Å². The van der Waals surface area contributed by atoms with E-state index in [1.165, 1.54) is 35.2 Å². The molecular formula is C33H26F2N2O4. The Morgan fingerprint density at radius 2 is 1.56 bits per heavy atom. The highest BCUT2D eigenvalue weighted by atomic mass is 19.3. The van der Waals surface area contributed by atoms with Gasteiger partial charge in [0.25, 0.3) is 17.7 Å². The van der Waals surface area contributed by atoms with E-state index in [2.05, 4.69) is 5.32 Å². The van der Waals surface area contributed by atoms with E-state index in [1.54, 1.807) is 30.3 Å². The fourth-order valence-corrected chi connectivity index (χ4v) is 4.95. The Morgan fingerprint density at radius 1 is 0.878 bits per heavy atom. The molecule has 4 aromatic carbocycles. The lowest BCUT2D eigenvalue weighted by molar-refractivity contribution is -0.131. The number of alkyl halides is 2. The lowest BCUT2D eigenvalue weighted by Gasteiger charge is -2.23. The molecule has 0 atom stereocenters. The third kappa shape index (κ3) is 5.77. The number of rotatable bonds is 5. The zero-order valence-electron chi connectivity index (χ0n) is 22.1. The highest BCUT2D eigenvalue weighted by Crippen LogP contribution is 2.43. The van der Waals surface area contributed by atoms with E-state index >= 15 is 0 Å². The van der Waals surface area contributed by atoms with Gasteiger partial charge in [0, 0.05) is 47.0 Å². The number of carbonyl (C=O) groups is 3. The molecule has 6 nitrogen and oxygen atoms in total. The highest BCUT2D eigenvalue weighted by Gasteiger charge is 2.41. The molecule has 0 bridgehead atoms. The molecule has 0 unspecified atom stereocenters. The summed E-state index contributed by atoms with van der Waals surface area (Å²) in [5.41, 5.74) is 3.50. The van der Waals surface area contributed by atoms with Gasteiger partial charge >= 0.3 is 5.97 Å². The molecule has 0 spiro atoms. The van der Waals surface area contributed by atoms with Gasteiger partial charge in [-0.1, -0.05) is 66.2 Å². The Morgan fingerprint density at radius 3 is 2.27 bits per heavy atom. The summed E-state index contributed by atoms with van der Waals surface area (Å²) in [4.78, 5) is 39.2. The molecule has 2 amide bonds. The van der Waals surface area contributed by atoms with Crippen molar-refractivity contribution < 1.29 is 28.3 Å². The molecule has 5 rings (SSSR count). The summed E-state index contributed by atoms with van der Waals surface area (Å²) >= 11 is 0. The van der Waals surface area contributed by atoms with Gasteiger partial charge in [0.1, 0.15) is 0 Å². The van der Waals surface area contributed by atoms with Gasteiger partial charge in [-0.05, 0) is 54.4 Å². The number of benzene rings is 4. The molecular weight excluding hydrogens is 526 g/mol. The van der Waals surface area contributed by atoms with Gasteiger partial charge in [0.05, 0.1) is 5.69 Å². The van der Waals surface area contributed by atoms with Crippen molar-refractivity contribution in [1.29, 1.82) is 0 Å². The summed E-state index contributed by atoms with van der Waals surface area (Å²) < 4.78 is 29.9. The number of hydrogen-bond donors (Lipinski definition) is 2. The lowest BCUT2D eigenvalue weighted by atomic mass is 9.97. The minimum absolute atomic E-state index is 0.0121. The predicted molar refractivity (Wildman–Crippen MR) is 154 cm³/mol. The summed E-state index contributed by atoms with van der Waals surface area (Å²) in [7, 11) is 0. The van der Waals surface area contributed by atoms with Crippen LogP contribution in [-0.4, -0.2) is 35.4 Å². The van der Waals surface area contributed by atoms with Crippen LogP contribution in [0.2, 0.25) is 0 Å². The van der Waals surface area contributed by atoms with Crippen LogP contribution in [0.1, 0.15) is 38.3 Å². The largest absolute Gasteiger partial charge is 0.478 e. The average Bonchev–Trinajstić information content (AvgIpc) is 3.06. The SMILES string of the molecule is Cc1cccc(-c2ccccc2C(=O)Nc2ccc(C(=O)N3CCC(F)(F)/C(=C\C(=O)O)c4ccccc43)cc2)c1. The summed E-state index contributed by atoms with van der Waals surface area (Å²) in [5, 5.41) is 12.1. The van der Waals surface area contributed by atoms with E-state index in [1.807, 2.05) is 43.3 Å². The van der Waals surface area contributed by atoms with Crippen LogP contribution in [0.4, 0.5) is 20.2 Å². The standard InChI is InChI=1S/C33H26F2N2O4/c1-21-7-6-8-23(19-21)25-9-2-3-10-26(25)31(40)36-24-15-13-22(14-16-24)32(41)37-18-17-33(34,35)28(20-30(38)39)27-11-4-5-12-29(27)37/h2-16,19-20H,17-18H2,1H3,(H,36,40)(H,38,39)/b28-20-. The lowest BCUT2D eigenvalue weighted by Crippen LogP contribution is -2.33. The van der Waals surface area contributed by atoms with Gasteiger partial charge < -0.3 is 15.3 Å². The topological polar surface area (TPSA) is 86.7 Å². The maximum atomic E-state index is 15.0. The molecule has 0 aromatic heterocycles. The fraction of sp³-hybridized carbons (Fsp3) is 0.121. The number of para-hydroxylation sites is 1. The van der Waals surface area contributed by atoms with Gasteiger partial charge in [-0.3, -0.25) is 9.59 Å². The smallest absolute Gasteiger partial charge is 0.328 e. The number of carboxylic acids is 1. The van der Waals surface area contributed by atoms with Crippen molar-refractivity contribution in [3.8, 4) is 11.1 Å². The first-order chi connectivity index (χ1) is 19.6. The van der Waals surface area contributed by atoms with Crippen LogP contribution in [0, 0.1) is 6.92 Å². The fourth-order valence-electron chi connectivity index (χ4n) is 4.95. The van der Waals surface area contributed by atoms with E-state index in [4.69, 9.17) is 0 Å². The molecule has 0 fully saturated rings. The highest BCUT2D eigenvalue weighted by molar-refractivity contribution is 6.10. The zero-order chi connectivity index (χ0) is 29.1. The van der Waals surface area contributed by atoms with E-state index in [0.29, 0.717) is 17.3 Å². The molecule has 41 heavy (non-hydrogen) atoms. The number of hydrogen-bond acceptors (Lipinski definition) is 3. The second-order valence-corrected chi connectivity index (χ2v) is 9.77. The molecule has 206 valence electrons. The minimum atomic E-state index is -3.44. The second-order valence-electron chi connectivity index (χ2n) is 9.77. The third-order valence-electron chi connectivity index (χ3n) is 6.93. The first-order valence-electron chi connectivity index (χ1n) is 13.0. The number of aliphatic carboxylic acids is 1. The minimum Gasteiger partial charge on any atom is -0.478 e. The Kier molecular flexibility index (Phi) is 7.48. The summed E-state index contributed by atoms with van der Waals surface area (Å²) in [6.07, 6.45) is -0.234. The van der Waals surface area contributed by atoms with Crippen molar-refractivity contribution >= 4 is 34.7 Å². The number of aryl methyl sites for hydroxylation is 1. The van der Waals surface area contributed by atoms with Gasteiger partial charge in [0.15, 0.2) is 0 Å². The molecule has 0 radical (unpaired) electrons. The number of nitrogens with zero attached hydrogens (tertiary/aromatic N) is 1. The van der Waals surface area contributed by atoms with Crippen molar-refractivity contribution in [2.75, 3.05) is 16.8 Å². The van der Waals surface area contributed by atoms with Gasteiger partial charge in [-0.2, -0.15) is 0 Å². The van der Waals surface area contributed by atoms with Crippen LogP contribution in [0.15, 0.2) is 103 Å². The van der Waals surface area contributed by atoms with Crippen molar-refractivity contribution in [3.63, 3.8) is 0 Å². The Balaban J connectivity index is 1.39. The number of allylic oxidation sites excluding steroid dienone is 1. The number of carbonyl (C=O) groups excluding carboxylic acids is 2. The summed E-state index contributed by atoms with van der Waals surface area (Å²) in [6.45, 7) is 1.67. The van der Waals surface area contributed by atoms with Gasteiger partial charge in [0.2, 0.25) is 0 Å². The molecule has 0 aliphatic carbocycles. The van der Waals surface area contributed by atoms with Crippen LogP contribution >= 0.6 is 0 Å². The number of anilines is 2. The van der Waals surface area contributed by atoms with Crippen molar-refractivity contribution in [2.45, 2.75) is 19.3 Å². The number of fused-ring (bicyclic) bond motifs is 1. The Hall–Kier alpha value is -5.11. The molecule has 2 N–H and O–H groups in total. The van der Waals surface area contributed by atoms with Crippen LogP contribution in [-0.2, 0) is 4.79 Å². The monoisotopic (exact) mass is 552 g/mol. The quantitative estimate of drug-likeness (QED) is 0.259. The van der Waals surface area contributed by atoms with Crippen molar-refractivity contribution in [3.05, 3.63) is 125 Å². The van der Waals surface area contributed by atoms with E-state index in [9.17, 15) is 28.3 Å². The molecule has 1 heterocycles. The molecule has 1 aliphatic heterocycles. The molecule has 4 aromatic rings. The maximum Gasteiger partial charge on any atom is 0.328 e. The van der Waals surface area contributed by atoms with Gasteiger partial charge in [-0.15, -0.1) is 0 Å². The van der Waals surface area contributed by atoms with E-state index in [-0.39, 0.29) is 29.3 Å². The normalized spacial score (nSPS) is 15.1. The molecule has 8 heteroatoms. The number of carboxylic acid groups (broad SMARTS) is 1. The average molecular weight is 553 g/mol. The zero-order valence-corrected chi connectivity index (χ0v) is 22.1. The Bertz CT molecular complexity index is 1680. The first-order valence-corrected chi connectivity index (χ1v) is 13.0. The summed E-state index contributed by atoms with van der Waals surface area (Å²) in [6, 6.07) is 27.4. The van der Waals surface area contributed by atoms with Crippen LogP contribution in [0.25, 0.3) is 16.7 Å². The number of halogens is 2. The van der Waals surface area contributed by atoms with Crippen LogP contribution in [0.3, 0.4) is 0 Å². The third-order valence-corrected chi connectivity index (χ3v) is 6.93. The predicted octanol–water partition coefficient (Wildman–Crippen LogP) is 7.07. The maximum absolute atomic E-state index is 15.0. The number of nitrogens with one attached hydrogen (secondary N) is 1. The van der Waals surface area contributed by atoms with Crippen LogP contribution in [0.5, 0.6) is 0 Å². The Labute approximate surface area is 235 Å². The second kappa shape index (κ2) is 11.2. The van der Waals surface area contributed by atoms with Crippen molar-refractivity contribution in [2.24, 2.45) is 0 Å². The first kappa shape index (κ1) is 27.5. The van der Waals surface area contributed by atoms with Crippen LogP contribution < -0.4 is 10.2 Å². The number of amides is 2. The molecule has 0 saturated carbocycles. The molecule has 0 saturated heterocycles. The summed E-state index contributed by atoms with van der Waals surface area (Å²) in [5.74, 6) is -5.77.